The molecular formula is C76H49N5. The highest BCUT2D eigenvalue weighted by molar-refractivity contribution is 6.14. The Morgan fingerprint density at radius 3 is 0.901 bits per heavy atom. The Balaban J connectivity index is 0.842. The molecule has 0 saturated carbocycles. The molecule has 0 aliphatic carbocycles. The van der Waals surface area contributed by atoms with Gasteiger partial charge in [-0.2, -0.15) is 0 Å². The normalized spacial score (nSPS) is 11.7. The second-order valence-electron chi connectivity index (χ2n) is 21.0. The van der Waals surface area contributed by atoms with Gasteiger partial charge in [0.15, 0.2) is 5.82 Å². The molecule has 5 nitrogen and oxygen atoms in total. The number of hydrogen-bond donors (Lipinski definition) is 0. The van der Waals surface area contributed by atoms with Gasteiger partial charge in [-0.05, 0) is 149 Å². The highest BCUT2D eigenvalue weighted by Crippen LogP contribution is 2.42. The zero-order valence-electron chi connectivity index (χ0n) is 44.0. The average Bonchev–Trinajstić information content (AvgIpc) is 4.39. The van der Waals surface area contributed by atoms with Crippen LogP contribution >= 0.6 is 0 Å². The number of nitrogens with zero attached hydrogens (tertiary/aromatic N) is 5. The minimum atomic E-state index is 0.675. The van der Waals surface area contributed by atoms with Gasteiger partial charge in [0.05, 0.1) is 44.5 Å². The maximum absolute atomic E-state index is 5.26. The Kier molecular flexibility index (Phi) is 10.8. The van der Waals surface area contributed by atoms with Gasteiger partial charge in [0.2, 0.25) is 0 Å². The Bertz CT molecular complexity index is 4840. The van der Waals surface area contributed by atoms with Crippen LogP contribution in [0.25, 0.3) is 150 Å². The van der Waals surface area contributed by atoms with E-state index in [-0.39, 0.29) is 0 Å². The van der Waals surface area contributed by atoms with E-state index in [4.69, 9.17) is 9.97 Å². The molecule has 0 fully saturated rings. The third-order valence-electron chi connectivity index (χ3n) is 16.3. The van der Waals surface area contributed by atoms with Gasteiger partial charge in [-0.3, -0.25) is 0 Å². The van der Waals surface area contributed by atoms with Crippen LogP contribution < -0.4 is 0 Å². The Labute approximate surface area is 468 Å². The van der Waals surface area contributed by atoms with Gasteiger partial charge in [0, 0.05) is 66.1 Å². The standard InChI is InChI=1S/C76H49N5/c1-5-17-50(18-6-1)51-29-31-53(32-30-51)69-49-68(52-19-7-2-8-20-52)77-76(78-69)54-33-39-61(40-34-54)81-74-43-37-57(55-35-41-72-64(45-55)62-25-13-15-27-70(62)79(72)59-21-9-3-10-22-59)47-66(74)67-48-58(38-44-75(67)81)56-36-42-73-65(46-56)63-26-14-16-28-71(63)80(73)60-23-11-4-12-24-60/h1-49H. The first-order valence-corrected chi connectivity index (χ1v) is 27.6. The Morgan fingerprint density at radius 1 is 0.185 bits per heavy atom. The van der Waals surface area contributed by atoms with E-state index in [2.05, 4.69) is 305 Å². The van der Waals surface area contributed by atoms with Crippen molar-refractivity contribution in [2.24, 2.45) is 0 Å². The van der Waals surface area contributed by atoms with Crippen molar-refractivity contribution >= 4 is 65.4 Å². The Morgan fingerprint density at radius 2 is 0.469 bits per heavy atom. The van der Waals surface area contributed by atoms with E-state index < -0.39 is 0 Å². The summed E-state index contributed by atoms with van der Waals surface area (Å²) in [6.45, 7) is 0. The van der Waals surface area contributed by atoms with E-state index in [0.717, 1.165) is 67.3 Å². The molecule has 0 unspecified atom stereocenters. The molecule has 16 aromatic rings. The number of benzene rings is 12. The van der Waals surface area contributed by atoms with Crippen molar-refractivity contribution < 1.29 is 0 Å². The highest BCUT2D eigenvalue weighted by atomic mass is 15.0. The van der Waals surface area contributed by atoms with E-state index in [1.54, 1.807) is 0 Å². The fourth-order valence-corrected chi connectivity index (χ4v) is 12.4. The summed E-state index contributed by atoms with van der Waals surface area (Å²) in [7, 11) is 0. The van der Waals surface area contributed by atoms with Gasteiger partial charge in [-0.15, -0.1) is 0 Å². The zero-order chi connectivity index (χ0) is 53.4. The molecule has 378 valence electrons. The molecule has 0 radical (unpaired) electrons. The minimum absolute atomic E-state index is 0.675. The van der Waals surface area contributed by atoms with E-state index in [1.807, 2.05) is 6.07 Å². The Hall–Kier alpha value is -10.9. The van der Waals surface area contributed by atoms with Crippen molar-refractivity contribution in [1.29, 1.82) is 0 Å². The number of fused-ring (bicyclic) bond motifs is 9. The van der Waals surface area contributed by atoms with Gasteiger partial charge in [-0.1, -0.05) is 182 Å². The summed E-state index contributed by atoms with van der Waals surface area (Å²) in [6.07, 6.45) is 0. The summed E-state index contributed by atoms with van der Waals surface area (Å²) in [5.41, 5.74) is 22.2. The van der Waals surface area contributed by atoms with Crippen LogP contribution in [0.1, 0.15) is 0 Å². The topological polar surface area (TPSA) is 40.6 Å². The molecule has 0 aliphatic heterocycles. The van der Waals surface area contributed by atoms with Crippen molar-refractivity contribution in [3.8, 4) is 84.3 Å². The van der Waals surface area contributed by atoms with Crippen molar-refractivity contribution in [2.75, 3.05) is 0 Å². The molecule has 4 aromatic heterocycles. The zero-order valence-corrected chi connectivity index (χ0v) is 44.0. The third kappa shape index (κ3) is 7.85. The first-order valence-electron chi connectivity index (χ1n) is 27.6. The van der Waals surface area contributed by atoms with Gasteiger partial charge < -0.3 is 13.7 Å². The molecule has 0 saturated heterocycles. The van der Waals surface area contributed by atoms with Gasteiger partial charge >= 0.3 is 0 Å². The molecule has 4 heterocycles. The molecule has 0 atom stereocenters. The van der Waals surface area contributed by atoms with Gasteiger partial charge in [0.1, 0.15) is 0 Å². The van der Waals surface area contributed by atoms with Crippen LogP contribution in [-0.2, 0) is 0 Å². The fourth-order valence-electron chi connectivity index (χ4n) is 12.4. The molecule has 12 aromatic carbocycles. The SMILES string of the molecule is c1ccc(-c2ccc(-c3cc(-c4ccccc4)nc(-c4ccc(-n5c6ccc(-c7ccc8c(c7)c7ccccc7n8-c7ccccc7)cc6c6cc(-c7ccc8c(c7)c7ccccc7n8-c7ccccc7)ccc65)cc4)n3)cc2)cc1. The maximum Gasteiger partial charge on any atom is 0.160 e. The third-order valence-corrected chi connectivity index (χ3v) is 16.3. The average molecular weight is 1030 g/mol. The predicted octanol–water partition coefficient (Wildman–Crippen LogP) is 19.8. The van der Waals surface area contributed by atoms with E-state index in [1.165, 1.54) is 76.6 Å². The van der Waals surface area contributed by atoms with Crippen molar-refractivity contribution in [3.05, 3.63) is 297 Å². The monoisotopic (exact) mass is 1030 g/mol. The lowest BCUT2D eigenvalue weighted by Crippen LogP contribution is -1.97. The van der Waals surface area contributed by atoms with Crippen molar-refractivity contribution in [2.45, 2.75) is 0 Å². The minimum Gasteiger partial charge on any atom is -0.309 e. The number of hydrogen-bond acceptors (Lipinski definition) is 2. The summed E-state index contributed by atoms with van der Waals surface area (Å²) in [5, 5.41) is 7.30. The number of rotatable bonds is 9. The molecule has 0 aliphatic rings. The number of aromatic nitrogens is 5. The molecule has 81 heavy (non-hydrogen) atoms. The highest BCUT2D eigenvalue weighted by Gasteiger charge is 2.20. The second-order valence-corrected chi connectivity index (χ2v) is 21.0. The fraction of sp³-hybridized carbons (Fsp3) is 0. The first-order chi connectivity index (χ1) is 40.1. The molecule has 0 spiro atoms. The van der Waals surface area contributed by atoms with Crippen LogP contribution in [0, 0.1) is 0 Å². The lowest BCUT2D eigenvalue weighted by Gasteiger charge is -2.12. The summed E-state index contributed by atoms with van der Waals surface area (Å²) >= 11 is 0. The lowest BCUT2D eigenvalue weighted by atomic mass is 9.98. The molecule has 0 amide bonds. The molecule has 5 heteroatoms. The second kappa shape index (κ2) is 18.9. The summed E-state index contributed by atoms with van der Waals surface area (Å²) in [6, 6.07) is 107. The predicted molar refractivity (Wildman–Crippen MR) is 338 cm³/mol. The number of para-hydroxylation sites is 4. The largest absolute Gasteiger partial charge is 0.309 e. The van der Waals surface area contributed by atoms with Crippen LogP contribution in [0.15, 0.2) is 297 Å². The first kappa shape index (κ1) is 46.2. The van der Waals surface area contributed by atoms with Crippen LogP contribution in [0.2, 0.25) is 0 Å². The molecule has 16 rings (SSSR count). The molecule has 0 bridgehead atoms. The molecular weight excluding hydrogens is 983 g/mol. The summed E-state index contributed by atoms with van der Waals surface area (Å²) < 4.78 is 7.17. The summed E-state index contributed by atoms with van der Waals surface area (Å²) in [4.78, 5) is 10.5. The van der Waals surface area contributed by atoms with E-state index in [0.29, 0.717) is 5.82 Å². The molecule has 0 N–H and O–H groups in total. The summed E-state index contributed by atoms with van der Waals surface area (Å²) in [5.74, 6) is 0.675. The van der Waals surface area contributed by atoms with Gasteiger partial charge in [-0.25, -0.2) is 9.97 Å². The van der Waals surface area contributed by atoms with Crippen LogP contribution in [0.4, 0.5) is 0 Å². The van der Waals surface area contributed by atoms with Crippen molar-refractivity contribution in [3.63, 3.8) is 0 Å². The smallest absolute Gasteiger partial charge is 0.160 e. The van der Waals surface area contributed by atoms with E-state index in [9.17, 15) is 0 Å². The lowest BCUT2D eigenvalue weighted by molar-refractivity contribution is 1.16. The van der Waals surface area contributed by atoms with Gasteiger partial charge in [0.25, 0.3) is 0 Å². The quantitative estimate of drug-likeness (QED) is 0.145. The van der Waals surface area contributed by atoms with Crippen molar-refractivity contribution in [1.82, 2.24) is 23.7 Å². The van der Waals surface area contributed by atoms with Crippen LogP contribution in [0.5, 0.6) is 0 Å². The maximum atomic E-state index is 5.26. The van der Waals surface area contributed by atoms with E-state index >= 15 is 0 Å². The van der Waals surface area contributed by atoms with Crippen LogP contribution in [0.3, 0.4) is 0 Å². The van der Waals surface area contributed by atoms with Crippen LogP contribution in [-0.4, -0.2) is 23.7 Å².